The minimum atomic E-state index is -1.22. The van der Waals surface area contributed by atoms with Crippen LogP contribution in [0.25, 0.3) is 11.3 Å². The first kappa shape index (κ1) is 14.5. The second kappa shape index (κ2) is 4.90. The highest BCUT2D eigenvalue weighted by Gasteiger charge is 2.31. The van der Waals surface area contributed by atoms with Gasteiger partial charge in [0.2, 0.25) is 0 Å². The van der Waals surface area contributed by atoms with E-state index < -0.39 is 17.3 Å². The highest BCUT2D eigenvalue weighted by atomic mass is 35.5. The number of aliphatic carboxylic acids is 1. The number of halogens is 2. The molecule has 0 bridgehead atoms. The summed E-state index contributed by atoms with van der Waals surface area (Å²) in [4.78, 5) is 11.3. The molecule has 106 valence electrons. The predicted octanol–water partition coefficient (Wildman–Crippen LogP) is 3.47. The average molecular weight is 297 g/mol. The third kappa shape index (κ3) is 2.29. The van der Waals surface area contributed by atoms with Crippen molar-refractivity contribution in [3.05, 3.63) is 40.8 Å². The third-order valence-corrected chi connectivity index (χ3v) is 3.51. The van der Waals surface area contributed by atoms with Crippen LogP contribution in [0.15, 0.2) is 24.4 Å². The van der Waals surface area contributed by atoms with E-state index in [1.807, 2.05) is 0 Å². The number of hydrogen-bond donors (Lipinski definition) is 1. The Balaban J connectivity index is 2.62. The summed E-state index contributed by atoms with van der Waals surface area (Å²) in [5.74, 6) is -1.51. The molecular weight excluding hydrogens is 283 g/mol. The molecule has 0 saturated heterocycles. The normalized spacial score (nSPS) is 11.7. The molecule has 1 aromatic heterocycles. The zero-order chi connectivity index (χ0) is 15.1. The first-order valence-corrected chi connectivity index (χ1v) is 6.37. The van der Waals surface area contributed by atoms with Gasteiger partial charge >= 0.3 is 5.97 Å². The van der Waals surface area contributed by atoms with Crippen molar-refractivity contribution < 1.29 is 14.3 Å². The van der Waals surface area contributed by atoms with E-state index in [9.17, 15) is 14.3 Å². The number of carboxylic acids is 1. The molecule has 0 amide bonds. The zero-order valence-corrected chi connectivity index (χ0v) is 12.1. The fourth-order valence-electron chi connectivity index (χ4n) is 1.82. The van der Waals surface area contributed by atoms with Gasteiger partial charge in [0.15, 0.2) is 5.54 Å². The highest BCUT2D eigenvalue weighted by molar-refractivity contribution is 6.33. The molecule has 4 nitrogen and oxygen atoms in total. The summed E-state index contributed by atoms with van der Waals surface area (Å²) >= 11 is 6.02. The fourth-order valence-corrected chi connectivity index (χ4v) is 2.07. The first-order valence-electron chi connectivity index (χ1n) is 5.99. The number of nitrogens with zero attached hydrogens (tertiary/aromatic N) is 2. The Bertz CT molecular complexity index is 660. The van der Waals surface area contributed by atoms with Crippen molar-refractivity contribution in [2.45, 2.75) is 26.3 Å². The second-order valence-corrected chi connectivity index (χ2v) is 5.47. The SMILES string of the molecule is Cc1cn(C(C)(C)C(=O)O)nc1-c1c(F)cccc1Cl. The number of carbonyl (C=O) groups is 1. The number of aromatic nitrogens is 2. The summed E-state index contributed by atoms with van der Waals surface area (Å²) in [6, 6.07) is 4.37. The van der Waals surface area contributed by atoms with Crippen LogP contribution in [0.5, 0.6) is 0 Å². The number of benzene rings is 1. The lowest BCUT2D eigenvalue weighted by Gasteiger charge is -2.19. The van der Waals surface area contributed by atoms with Crippen LogP contribution >= 0.6 is 11.6 Å². The fraction of sp³-hybridized carbons (Fsp3) is 0.286. The van der Waals surface area contributed by atoms with Crippen molar-refractivity contribution in [1.29, 1.82) is 0 Å². The van der Waals surface area contributed by atoms with Crippen LogP contribution in [-0.2, 0) is 10.3 Å². The maximum atomic E-state index is 13.9. The lowest BCUT2D eigenvalue weighted by Crippen LogP contribution is -2.36. The van der Waals surface area contributed by atoms with Gasteiger partial charge in [-0.25, -0.2) is 9.18 Å². The van der Waals surface area contributed by atoms with Crippen molar-refractivity contribution in [3.63, 3.8) is 0 Å². The quantitative estimate of drug-likeness (QED) is 0.943. The third-order valence-electron chi connectivity index (χ3n) is 3.19. The Morgan fingerprint density at radius 1 is 1.45 bits per heavy atom. The van der Waals surface area contributed by atoms with Gasteiger partial charge in [-0.15, -0.1) is 0 Å². The van der Waals surface area contributed by atoms with E-state index in [1.165, 1.54) is 30.7 Å². The summed E-state index contributed by atoms with van der Waals surface area (Å²) in [5, 5.41) is 13.7. The van der Waals surface area contributed by atoms with Crippen molar-refractivity contribution in [1.82, 2.24) is 9.78 Å². The number of hydrogen-bond acceptors (Lipinski definition) is 2. The minimum absolute atomic E-state index is 0.187. The van der Waals surface area contributed by atoms with E-state index in [0.717, 1.165) is 0 Å². The summed E-state index contributed by atoms with van der Waals surface area (Å²) in [6.45, 7) is 4.78. The minimum Gasteiger partial charge on any atom is -0.479 e. The largest absolute Gasteiger partial charge is 0.479 e. The molecule has 0 spiro atoms. The molecule has 0 unspecified atom stereocenters. The lowest BCUT2D eigenvalue weighted by molar-refractivity contribution is -0.146. The topological polar surface area (TPSA) is 55.1 Å². The molecule has 0 aliphatic carbocycles. The van der Waals surface area contributed by atoms with Crippen molar-refractivity contribution >= 4 is 17.6 Å². The average Bonchev–Trinajstić information content (AvgIpc) is 2.72. The smallest absolute Gasteiger partial charge is 0.331 e. The molecule has 20 heavy (non-hydrogen) atoms. The molecule has 2 aromatic rings. The van der Waals surface area contributed by atoms with Gasteiger partial charge in [0.05, 0.1) is 16.3 Å². The molecule has 0 fully saturated rings. The summed E-state index contributed by atoms with van der Waals surface area (Å²) < 4.78 is 15.2. The van der Waals surface area contributed by atoms with Gasteiger partial charge in [-0.3, -0.25) is 4.68 Å². The van der Waals surface area contributed by atoms with Crippen LogP contribution in [-0.4, -0.2) is 20.9 Å². The van der Waals surface area contributed by atoms with Gasteiger partial charge in [-0.1, -0.05) is 17.7 Å². The van der Waals surface area contributed by atoms with E-state index >= 15 is 0 Å². The molecule has 2 rings (SSSR count). The maximum Gasteiger partial charge on any atom is 0.331 e. The molecule has 1 heterocycles. The second-order valence-electron chi connectivity index (χ2n) is 5.07. The maximum absolute atomic E-state index is 13.9. The van der Waals surface area contributed by atoms with E-state index in [-0.39, 0.29) is 10.6 Å². The van der Waals surface area contributed by atoms with Crippen molar-refractivity contribution in [2.75, 3.05) is 0 Å². The Morgan fingerprint density at radius 3 is 2.65 bits per heavy atom. The van der Waals surface area contributed by atoms with Gasteiger partial charge in [0.25, 0.3) is 0 Å². The van der Waals surface area contributed by atoms with E-state index in [1.54, 1.807) is 19.2 Å². The highest BCUT2D eigenvalue weighted by Crippen LogP contribution is 2.32. The van der Waals surface area contributed by atoms with Crippen LogP contribution in [0.1, 0.15) is 19.4 Å². The first-order chi connectivity index (χ1) is 9.25. The Labute approximate surface area is 120 Å². The predicted molar refractivity (Wildman–Crippen MR) is 74.3 cm³/mol. The van der Waals surface area contributed by atoms with Gasteiger partial charge in [-0.05, 0) is 38.5 Å². The van der Waals surface area contributed by atoms with Crippen LogP contribution in [0.3, 0.4) is 0 Å². The van der Waals surface area contributed by atoms with E-state index in [0.29, 0.717) is 11.3 Å². The molecular formula is C14H14ClFN2O2. The van der Waals surface area contributed by atoms with Crippen LogP contribution in [0, 0.1) is 12.7 Å². The monoisotopic (exact) mass is 296 g/mol. The summed E-state index contributed by atoms with van der Waals surface area (Å²) in [5.41, 5.74) is -0.0267. The van der Waals surface area contributed by atoms with Gasteiger partial charge < -0.3 is 5.11 Å². The molecule has 0 radical (unpaired) electrons. The Morgan fingerprint density at radius 2 is 2.10 bits per heavy atom. The molecule has 0 atom stereocenters. The number of carboxylic acid groups (broad SMARTS) is 1. The van der Waals surface area contributed by atoms with Gasteiger partial charge in [0, 0.05) is 6.20 Å². The molecule has 0 aliphatic rings. The number of rotatable bonds is 3. The molecule has 1 N–H and O–H groups in total. The summed E-state index contributed by atoms with van der Waals surface area (Å²) in [7, 11) is 0. The Hall–Kier alpha value is -1.88. The van der Waals surface area contributed by atoms with Crippen molar-refractivity contribution in [2.24, 2.45) is 0 Å². The van der Waals surface area contributed by atoms with Crippen LogP contribution in [0.4, 0.5) is 4.39 Å². The van der Waals surface area contributed by atoms with Crippen LogP contribution < -0.4 is 0 Å². The molecule has 6 heteroatoms. The van der Waals surface area contributed by atoms with Gasteiger partial charge in [-0.2, -0.15) is 5.10 Å². The summed E-state index contributed by atoms with van der Waals surface area (Å²) in [6.07, 6.45) is 1.58. The molecule has 0 saturated carbocycles. The lowest BCUT2D eigenvalue weighted by atomic mass is 10.1. The number of aryl methyl sites for hydroxylation is 1. The zero-order valence-electron chi connectivity index (χ0n) is 11.3. The van der Waals surface area contributed by atoms with E-state index in [2.05, 4.69) is 5.10 Å². The molecule has 0 aliphatic heterocycles. The van der Waals surface area contributed by atoms with Crippen LogP contribution in [0.2, 0.25) is 5.02 Å². The van der Waals surface area contributed by atoms with Gasteiger partial charge in [0.1, 0.15) is 5.82 Å². The standard InChI is InChI=1S/C14H14ClFN2O2/c1-8-7-18(14(2,3)13(19)20)17-12(8)11-9(15)5-4-6-10(11)16/h4-7H,1-3H3,(H,19,20). The van der Waals surface area contributed by atoms with Crippen molar-refractivity contribution in [3.8, 4) is 11.3 Å². The van der Waals surface area contributed by atoms with E-state index in [4.69, 9.17) is 11.6 Å². The Kier molecular flexibility index (Phi) is 3.56. The molecule has 1 aromatic carbocycles.